The zero-order valence-corrected chi connectivity index (χ0v) is 12.0. The van der Waals surface area contributed by atoms with E-state index in [9.17, 15) is 9.90 Å². The summed E-state index contributed by atoms with van der Waals surface area (Å²) < 4.78 is 5.28. The molecule has 2 rings (SSSR count). The Bertz CT molecular complexity index is 453. The van der Waals surface area contributed by atoms with E-state index in [-0.39, 0.29) is 18.1 Å². The third-order valence-corrected chi connectivity index (χ3v) is 4.08. The molecule has 1 fully saturated rings. The summed E-state index contributed by atoms with van der Waals surface area (Å²) >= 11 is 0. The summed E-state index contributed by atoms with van der Waals surface area (Å²) in [4.78, 5) is 12.1. The van der Waals surface area contributed by atoms with Crippen molar-refractivity contribution in [2.75, 3.05) is 13.7 Å². The molecular weight excluding hydrogens is 254 g/mol. The highest BCUT2D eigenvalue weighted by Crippen LogP contribution is 2.29. The minimum atomic E-state index is -0.377. The average molecular weight is 277 g/mol. The molecule has 0 spiro atoms. The lowest BCUT2D eigenvalue weighted by Crippen LogP contribution is -2.49. The molecule has 4 heteroatoms. The van der Waals surface area contributed by atoms with E-state index >= 15 is 0 Å². The number of methoxy groups -OCH3 is 1. The first-order valence-electron chi connectivity index (χ1n) is 7.23. The van der Waals surface area contributed by atoms with Crippen molar-refractivity contribution in [2.45, 2.75) is 44.1 Å². The van der Waals surface area contributed by atoms with E-state index in [4.69, 9.17) is 4.74 Å². The lowest BCUT2D eigenvalue weighted by atomic mass is 9.98. The SMILES string of the molecule is COc1ccccc1CCC(=O)NC1(CO)CCCC1. The van der Waals surface area contributed by atoms with Crippen molar-refractivity contribution in [1.29, 1.82) is 0 Å². The number of carbonyl (C=O) groups is 1. The van der Waals surface area contributed by atoms with Crippen molar-refractivity contribution in [3.63, 3.8) is 0 Å². The number of aliphatic hydroxyl groups is 1. The highest BCUT2D eigenvalue weighted by molar-refractivity contribution is 5.77. The van der Waals surface area contributed by atoms with Gasteiger partial charge in [-0.1, -0.05) is 31.0 Å². The van der Waals surface area contributed by atoms with Gasteiger partial charge in [-0.25, -0.2) is 0 Å². The van der Waals surface area contributed by atoms with Gasteiger partial charge in [0.2, 0.25) is 5.91 Å². The maximum atomic E-state index is 12.1. The largest absolute Gasteiger partial charge is 0.496 e. The molecule has 1 aliphatic rings. The molecule has 4 nitrogen and oxygen atoms in total. The Labute approximate surface area is 120 Å². The predicted octanol–water partition coefficient (Wildman–Crippen LogP) is 2.05. The van der Waals surface area contributed by atoms with Gasteiger partial charge in [0.15, 0.2) is 0 Å². The molecule has 1 aromatic carbocycles. The van der Waals surface area contributed by atoms with E-state index in [1.807, 2.05) is 24.3 Å². The third-order valence-electron chi connectivity index (χ3n) is 4.08. The molecule has 110 valence electrons. The number of hydrogen-bond donors (Lipinski definition) is 2. The number of nitrogens with one attached hydrogen (secondary N) is 1. The first-order valence-corrected chi connectivity index (χ1v) is 7.23. The minimum absolute atomic E-state index is 0.00635. The Hall–Kier alpha value is -1.55. The molecule has 1 aromatic rings. The van der Waals surface area contributed by atoms with Crippen molar-refractivity contribution in [1.82, 2.24) is 5.32 Å². The normalized spacial score (nSPS) is 16.9. The zero-order chi connectivity index (χ0) is 14.4. The number of hydrogen-bond acceptors (Lipinski definition) is 3. The molecule has 0 unspecified atom stereocenters. The number of aliphatic hydroxyl groups excluding tert-OH is 1. The third kappa shape index (κ3) is 3.51. The molecule has 0 atom stereocenters. The van der Waals surface area contributed by atoms with Crippen LogP contribution in [-0.2, 0) is 11.2 Å². The summed E-state index contributed by atoms with van der Waals surface area (Å²) in [6, 6.07) is 7.74. The molecule has 0 radical (unpaired) electrons. The molecule has 20 heavy (non-hydrogen) atoms. The first-order chi connectivity index (χ1) is 9.69. The van der Waals surface area contributed by atoms with Gasteiger partial charge in [-0.3, -0.25) is 4.79 Å². The molecule has 0 bridgehead atoms. The second-order valence-electron chi connectivity index (χ2n) is 5.51. The van der Waals surface area contributed by atoms with Crippen molar-refractivity contribution < 1.29 is 14.6 Å². The summed E-state index contributed by atoms with van der Waals surface area (Å²) in [5.74, 6) is 0.824. The number of benzene rings is 1. The Morgan fingerprint density at radius 3 is 2.70 bits per heavy atom. The fourth-order valence-electron chi connectivity index (χ4n) is 2.89. The monoisotopic (exact) mass is 277 g/mol. The first kappa shape index (κ1) is 14.9. The number of amides is 1. The lowest BCUT2D eigenvalue weighted by Gasteiger charge is -2.28. The van der Waals surface area contributed by atoms with E-state index in [1.54, 1.807) is 7.11 Å². The number of carbonyl (C=O) groups excluding carboxylic acids is 1. The Morgan fingerprint density at radius 1 is 1.35 bits per heavy atom. The summed E-state index contributed by atoms with van der Waals surface area (Å²) in [6.45, 7) is 0.0351. The Kier molecular flexibility index (Phi) is 5.01. The molecule has 0 saturated heterocycles. The molecule has 0 aromatic heterocycles. The van der Waals surface area contributed by atoms with Crippen molar-refractivity contribution in [2.24, 2.45) is 0 Å². The van der Waals surface area contributed by atoms with Crippen LogP contribution >= 0.6 is 0 Å². The molecular formula is C16H23NO3. The molecule has 0 aliphatic heterocycles. The van der Waals surface area contributed by atoms with Crippen molar-refractivity contribution >= 4 is 5.91 Å². The quantitative estimate of drug-likeness (QED) is 0.836. The number of rotatable bonds is 6. The smallest absolute Gasteiger partial charge is 0.220 e. The number of ether oxygens (including phenoxy) is 1. The van der Waals surface area contributed by atoms with Crippen LogP contribution < -0.4 is 10.1 Å². The van der Waals surface area contributed by atoms with Crippen LogP contribution in [0.4, 0.5) is 0 Å². The van der Waals surface area contributed by atoms with E-state index in [0.29, 0.717) is 12.8 Å². The van der Waals surface area contributed by atoms with Crippen molar-refractivity contribution in [3.8, 4) is 5.75 Å². The predicted molar refractivity (Wildman–Crippen MR) is 77.7 cm³/mol. The highest BCUT2D eigenvalue weighted by atomic mass is 16.5. The van der Waals surface area contributed by atoms with Gasteiger partial charge >= 0.3 is 0 Å². The lowest BCUT2D eigenvalue weighted by molar-refractivity contribution is -0.123. The number of aryl methyl sites for hydroxylation is 1. The standard InChI is InChI=1S/C16H23NO3/c1-20-14-7-3-2-6-13(14)8-9-15(19)17-16(12-18)10-4-5-11-16/h2-3,6-7,18H,4-5,8-12H2,1H3,(H,17,19). The van der Waals surface area contributed by atoms with Gasteiger partial charge < -0.3 is 15.2 Å². The van der Waals surface area contributed by atoms with Gasteiger partial charge in [0, 0.05) is 6.42 Å². The van der Waals surface area contributed by atoms with Crippen molar-refractivity contribution in [3.05, 3.63) is 29.8 Å². The van der Waals surface area contributed by atoms with E-state index in [2.05, 4.69) is 5.32 Å². The average Bonchev–Trinajstić information content (AvgIpc) is 2.94. The Morgan fingerprint density at radius 2 is 2.05 bits per heavy atom. The van der Waals surface area contributed by atoms with Gasteiger partial charge in [-0.2, -0.15) is 0 Å². The van der Waals surface area contributed by atoms with E-state index in [0.717, 1.165) is 37.0 Å². The van der Waals surface area contributed by atoms with Gasteiger partial charge in [-0.15, -0.1) is 0 Å². The summed E-state index contributed by atoms with van der Waals surface area (Å²) in [6.07, 6.45) is 4.98. The molecule has 0 heterocycles. The van der Waals surface area contributed by atoms with Crippen LogP contribution in [0.1, 0.15) is 37.7 Å². The van der Waals surface area contributed by atoms with Gasteiger partial charge in [-0.05, 0) is 30.9 Å². The Balaban J connectivity index is 1.89. The second kappa shape index (κ2) is 6.75. The fraction of sp³-hybridized carbons (Fsp3) is 0.562. The minimum Gasteiger partial charge on any atom is -0.496 e. The maximum Gasteiger partial charge on any atom is 0.220 e. The summed E-state index contributed by atoms with van der Waals surface area (Å²) in [5.41, 5.74) is 0.660. The van der Waals surface area contributed by atoms with Crippen LogP contribution in [0.3, 0.4) is 0 Å². The van der Waals surface area contributed by atoms with E-state index < -0.39 is 0 Å². The second-order valence-corrected chi connectivity index (χ2v) is 5.51. The van der Waals surface area contributed by atoms with Gasteiger partial charge in [0.25, 0.3) is 0 Å². The number of para-hydroxylation sites is 1. The van der Waals surface area contributed by atoms with Gasteiger partial charge in [0.05, 0.1) is 19.3 Å². The topological polar surface area (TPSA) is 58.6 Å². The maximum absolute atomic E-state index is 12.1. The van der Waals surface area contributed by atoms with Crippen LogP contribution in [0.25, 0.3) is 0 Å². The summed E-state index contributed by atoms with van der Waals surface area (Å²) in [7, 11) is 1.64. The molecule has 1 saturated carbocycles. The van der Waals surface area contributed by atoms with Crippen LogP contribution in [-0.4, -0.2) is 30.3 Å². The van der Waals surface area contributed by atoms with Crippen LogP contribution in [0.5, 0.6) is 5.75 Å². The van der Waals surface area contributed by atoms with Crippen LogP contribution in [0.2, 0.25) is 0 Å². The van der Waals surface area contributed by atoms with Crippen LogP contribution in [0, 0.1) is 0 Å². The summed E-state index contributed by atoms with van der Waals surface area (Å²) in [5, 5.41) is 12.5. The highest BCUT2D eigenvalue weighted by Gasteiger charge is 2.34. The van der Waals surface area contributed by atoms with E-state index in [1.165, 1.54) is 0 Å². The molecule has 1 amide bonds. The van der Waals surface area contributed by atoms with Crippen LogP contribution in [0.15, 0.2) is 24.3 Å². The zero-order valence-electron chi connectivity index (χ0n) is 12.0. The fourth-order valence-corrected chi connectivity index (χ4v) is 2.89. The van der Waals surface area contributed by atoms with Gasteiger partial charge in [0.1, 0.15) is 5.75 Å². The molecule has 1 aliphatic carbocycles. The molecule has 2 N–H and O–H groups in total.